The fraction of sp³-hybridized carbons (Fsp3) is 0.524. The first-order valence-electron chi connectivity index (χ1n) is 10.4. The Balaban J connectivity index is 1.30. The van der Waals surface area contributed by atoms with Crippen molar-refractivity contribution in [3.63, 3.8) is 0 Å². The van der Waals surface area contributed by atoms with Crippen LogP contribution in [0.2, 0.25) is 0 Å². The van der Waals surface area contributed by atoms with Crippen molar-refractivity contribution in [2.45, 2.75) is 45.8 Å². The van der Waals surface area contributed by atoms with E-state index in [9.17, 15) is 9.90 Å². The van der Waals surface area contributed by atoms with Crippen molar-refractivity contribution < 1.29 is 9.90 Å². The zero-order valence-electron chi connectivity index (χ0n) is 17.4. The molecule has 0 bridgehead atoms. The van der Waals surface area contributed by atoms with Gasteiger partial charge in [-0.3, -0.25) is 9.20 Å². The predicted octanol–water partition coefficient (Wildman–Crippen LogP) is 2.12. The number of anilines is 1. The molecular weight excluding hydrogens is 400 g/mol. The van der Waals surface area contributed by atoms with Gasteiger partial charge in [0.1, 0.15) is 17.3 Å². The third-order valence-electron chi connectivity index (χ3n) is 6.39. The number of hydrogen-bond donors (Lipinski definition) is 2. The molecule has 0 unspecified atom stereocenters. The van der Waals surface area contributed by atoms with Gasteiger partial charge in [0.05, 0.1) is 17.8 Å². The van der Waals surface area contributed by atoms with Gasteiger partial charge in [-0.1, -0.05) is 0 Å². The molecule has 4 atom stereocenters. The number of nitrogens with one attached hydrogen (secondary N) is 1. The van der Waals surface area contributed by atoms with Crippen LogP contribution in [-0.4, -0.2) is 55.6 Å². The molecule has 3 aromatic rings. The molecule has 1 saturated carbocycles. The quantitative estimate of drug-likeness (QED) is 0.666. The van der Waals surface area contributed by atoms with Gasteiger partial charge in [-0.05, 0) is 45.4 Å². The van der Waals surface area contributed by atoms with Gasteiger partial charge in [0.25, 0.3) is 5.91 Å². The standard InChI is InChI=1S/C21H26N6O2S/c1-11-6-18(24-13(3)22-11)26-9-14-7-16(17(28)8-15(14)10-26)25-20(29)19-12(2)23-21-27(19)4-5-30-21/h4-6,14-17,28H,7-10H2,1-3H3,(H,25,29)/t14-,15+,16-,17-/m0/s1. The third kappa shape index (κ3) is 3.35. The van der Waals surface area contributed by atoms with Crippen molar-refractivity contribution in [2.24, 2.45) is 11.8 Å². The number of aromatic nitrogens is 4. The Morgan fingerprint density at radius 2 is 1.93 bits per heavy atom. The number of rotatable bonds is 3. The number of amides is 1. The van der Waals surface area contributed by atoms with Crippen molar-refractivity contribution in [3.05, 3.63) is 40.5 Å². The van der Waals surface area contributed by atoms with Crippen LogP contribution in [0.4, 0.5) is 5.82 Å². The first kappa shape index (κ1) is 19.4. The van der Waals surface area contributed by atoms with Gasteiger partial charge in [0.2, 0.25) is 0 Å². The largest absolute Gasteiger partial charge is 0.391 e. The topological polar surface area (TPSA) is 95.7 Å². The number of aliphatic hydroxyl groups excluding tert-OH is 1. The lowest BCUT2D eigenvalue weighted by Gasteiger charge is -2.35. The highest BCUT2D eigenvalue weighted by Gasteiger charge is 2.43. The number of aryl methyl sites for hydroxylation is 3. The number of hydrogen-bond acceptors (Lipinski definition) is 7. The number of carbonyl (C=O) groups excluding carboxylic acids is 1. The molecule has 0 radical (unpaired) electrons. The molecule has 5 rings (SSSR count). The Kier molecular flexibility index (Phi) is 4.74. The second-order valence-corrected chi connectivity index (χ2v) is 9.43. The van der Waals surface area contributed by atoms with Gasteiger partial charge < -0.3 is 15.3 Å². The molecule has 2 aliphatic rings. The summed E-state index contributed by atoms with van der Waals surface area (Å²) in [5, 5.41) is 15.8. The van der Waals surface area contributed by atoms with Crippen LogP contribution in [-0.2, 0) is 0 Å². The fourth-order valence-corrected chi connectivity index (χ4v) is 5.80. The lowest BCUT2D eigenvalue weighted by molar-refractivity contribution is 0.0460. The van der Waals surface area contributed by atoms with Gasteiger partial charge in [0.15, 0.2) is 4.96 Å². The van der Waals surface area contributed by atoms with Gasteiger partial charge in [-0.25, -0.2) is 15.0 Å². The van der Waals surface area contributed by atoms with E-state index in [2.05, 4.69) is 25.2 Å². The van der Waals surface area contributed by atoms with Gasteiger partial charge in [-0.15, -0.1) is 11.3 Å². The second kappa shape index (κ2) is 7.31. The summed E-state index contributed by atoms with van der Waals surface area (Å²) in [7, 11) is 0. The first-order valence-corrected chi connectivity index (χ1v) is 11.3. The Labute approximate surface area is 179 Å². The Morgan fingerprint density at radius 1 is 1.17 bits per heavy atom. The maximum absolute atomic E-state index is 13.0. The molecule has 1 saturated heterocycles. The predicted molar refractivity (Wildman–Crippen MR) is 115 cm³/mol. The van der Waals surface area contributed by atoms with E-state index < -0.39 is 6.10 Å². The third-order valence-corrected chi connectivity index (χ3v) is 7.14. The zero-order chi connectivity index (χ0) is 21.0. The number of thiazole rings is 1. The summed E-state index contributed by atoms with van der Waals surface area (Å²) in [5.41, 5.74) is 2.23. The van der Waals surface area contributed by atoms with E-state index in [0.29, 0.717) is 29.6 Å². The van der Waals surface area contributed by atoms with Crippen molar-refractivity contribution in [1.29, 1.82) is 0 Å². The molecule has 9 heteroatoms. The summed E-state index contributed by atoms with van der Waals surface area (Å²) >= 11 is 1.51. The molecule has 3 aromatic heterocycles. The van der Waals surface area contributed by atoms with Gasteiger partial charge in [0, 0.05) is 36.4 Å². The number of aliphatic hydroxyl groups is 1. The van der Waals surface area contributed by atoms with Crippen molar-refractivity contribution in [3.8, 4) is 0 Å². The minimum atomic E-state index is -0.546. The molecular formula is C21H26N6O2S. The van der Waals surface area contributed by atoms with Crippen LogP contribution in [0.1, 0.15) is 40.5 Å². The highest BCUT2D eigenvalue weighted by atomic mass is 32.1. The highest BCUT2D eigenvalue weighted by Crippen LogP contribution is 2.38. The van der Waals surface area contributed by atoms with E-state index in [1.54, 1.807) is 0 Å². The monoisotopic (exact) mass is 426 g/mol. The molecule has 1 amide bonds. The lowest BCUT2D eigenvalue weighted by Crippen LogP contribution is -2.49. The summed E-state index contributed by atoms with van der Waals surface area (Å²) in [4.78, 5) is 29.5. The van der Waals surface area contributed by atoms with Crippen LogP contribution in [0.25, 0.3) is 4.96 Å². The molecule has 8 nitrogen and oxygen atoms in total. The molecule has 1 aliphatic heterocycles. The van der Waals surface area contributed by atoms with Gasteiger partial charge in [-0.2, -0.15) is 0 Å². The van der Waals surface area contributed by atoms with Crippen LogP contribution in [0.3, 0.4) is 0 Å². The molecule has 0 aromatic carbocycles. The average molecular weight is 427 g/mol. The van der Waals surface area contributed by atoms with E-state index in [-0.39, 0.29) is 11.9 Å². The molecule has 30 heavy (non-hydrogen) atoms. The molecule has 0 spiro atoms. The second-order valence-electron chi connectivity index (χ2n) is 8.56. The summed E-state index contributed by atoms with van der Waals surface area (Å²) < 4.78 is 1.82. The Hall–Kier alpha value is -2.52. The minimum absolute atomic E-state index is 0.169. The van der Waals surface area contributed by atoms with Crippen LogP contribution in [0.15, 0.2) is 17.6 Å². The molecule has 158 valence electrons. The van der Waals surface area contributed by atoms with Crippen molar-refractivity contribution >= 4 is 28.0 Å². The van der Waals surface area contributed by atoms with E-state index in [1.807, 2.05) is 42.8 Å². The maximum Gasteiger partial charge on any atom is 0.270 e. The summed E-state index contributed by atoms with van der Waals surface area (Å²) in [6, 6.07) is 1.77. The molecule has 2 N–H and O–H groups in total. The number of imidazole rings is 1. The number of carbonyl (C=O) groups is 1. The van der Waals surface area contributed by atoms with E-state index in [1.165, 1.54) is 11.3 Å². The van der Waals surface area contributed by atoms with E-state index in [4.69, 9.17) is 0 Å². The van der Waals surface area contributed by atoms with Crippen LogP contribution in [0, 0.1) is 32.6 Å². The minimum Gasteiger partial charge on any atom is -0.391 e. The molecule has 1 aliphatic carbocycles. The lowest BCUT2D eigenvalue weighted by atomic mass is 9.77. The Morgan fingerprint density at radius 3 is 2.70 bits per heavy atom. The smallest absolute Gasteiger partial charge is 0.270 e. The molecule has 2 fully saturated rings. The van der Waals surface area contributed by atoms with Crippen molar-refractivity contribution in [1.82, 2.24) is 24.7 Å². The van der Waals surface area contributed by atoms with E-state index in [0.717, 1.165) is 41.8 Å². The summed E-state index contributed by atoms with van der Waals surface area (Å²) in [6.45, 7) is 7.52. The zero-order valence-corrected chi connectivity index (χ0v) is 18.2. The fourth-order valence-electron chi connectivity index (χ4n) is 5.04. The average Bonchev–Trinajstić information content (AvgIpc) is 3.35. The van der Waals surface area contributed by atoms with Crippen molar-refractivity contribution in [2.75, 3.05) is 18.0 Å². The normalized spacial score (nSPS) is 26.2. The van der Waals surface area contributed by atoms with Gasteiger partial charge >= 0.3 is 0 Å². The highest BCUT2D eigenvalue weighted by molar-refractivity contribution is 7.15. The molecule has 4 heterocycles. The SMILES string of the molecule is Cc1cc(N2C[C@H]3C[C@H](O)[C@@H](NC(=O)c4c(C)nc5sccn45)C[C@H]3C2)nc(C)n1. The maximum atomic E-state index is 13.0. The van der Waals surface area contributed by atoms with E-state index >= 15 is 0 Å². The van der Waals surface area contributed by atoms with Crippen LogP contribution >= 0.6 is 11.3 Å². The van der Waals surface area contributed by atoms with Crippen LogP contribution < -0.4 is 10.2 Å². The number of fused-ring (bicyclic) bond motifs is 2. The van der Waals surface area contributed by atoms with Crippen LogP contribution in [0.5, 0.6) is 0 Å². The first-order chi connectivity index (χ1) is 14.4. The number of nitrogens with zero attached hydrogens (tertiary/aromatic N) is 5. The Bertz CT molecular complexity index is 1090. The summed E-state index contributed by atoms with van der Waals surface area (Å²) in [6.07, 6.45) is 2.77. The summed E-state index contributed by atoms with van der Waals surface area (Å²) in [5.74, 6) is 2.39.